The Hall–Kier alpha value is -1.63. The highest BCUT2D eigenvalue weighted by Crippen LogP contribution is 2.08. The summed E-state index contributed by atoms with van der Waals surface area (Å²) in [7, 11) is 0. The fourth-order valence-electron chi connectivity index (χ4n) is 1.42. The number of aromatic nitrogens is 3. The second-order valence-corrected chi connectivity index (χ2v) is 3.51. The van der Waals surface area contributed by atoms with Crippen LogP contribution in [0.25, 0.3) is 0 Å². The number of hydrogen-bond donors (Lipinski definition) is 1. The number of nitrogens with one attached hydrogen (secondary N) is 1. The van der Waals surface area contributed by atoms with Gasteiger partial charge in [0, 0.05) is 0 Å². The summed E-state index contributed by atoms with van der Waals surface area (Å²) in [5, 5.41) is 11.3. The van der Waals surface area contributed by atoms with E-state index in [0.29, 0.717) is 5.95 Å². The third-order valence-corrected chi connectivity index (χ3v) is 2.42. The molecule has 1 atom stereocenters. The predicted molar refractivity (Wildman–Crippen MR) is 65.1 cm³/mol. The van der Waals surface area contributed by atoms with E-state index in [1.54, 1.807) is 0 Å². The Morgan fingerprint density at radius 3 is 2.38 bits per heavy atom. The Morgan fingerprint density at radius 2 is 1.88 bits per heavy atom. The molecule has 0 aliphatic carbocycles. The molecule has 0 radical (unpaired) electrons. The van der Waals surface area contributed by atoms with Gasteiger partial charge in [0.1, 0.15) is 0 Å². The van der Waals surface area contributed by atoms with Crippen LogP contribution in [0.15, 0.2) is 0 Å². The third-order valence-electron chi connectivity index (χ3n) is 2.42. The lowest BCUT2D eigenvalue weighted by molar-refractivity contribution is 0.787. The Morgan fingerprint density at radius 1 is 1.19 bits per heavy atom. The molecule has 1 heterocycles. The highest BCUT2D eigenvalue weighted by atomic mass is 15.2. The molecule has 0 bridgehead atoms. The normalized spacial score (nSPS) is 11.9. The first-order valence-electron chi connectivity index (χ1n) is 5.70. The van der Waals surface area contributed by atoms with Crippen molar-refractivity contribution in [2.24, 2.45) is 0 Å². The van der Waals surface area contributed by atoms with Crippen LogP contribution in [0.4, 0.5) is 5.95 Å². The quantitative estimate of drug-likeness (QED) is 0.766. The van der Waals surface area contributed by atoms with Crippen molar-refractivity contribution in [1.29, 1.82) is 0 Å². The average Bonchev–Trinajstić information content (AvgIpc) is 2.35. The smallest absolute Gasteiger partial charge is 0.243 e. The van der Waals surface area contributed by atoms with E-state index in [9.17, 15) is 0 Å². The van der Waals surface area contributed by atoms with E-state index in [-0.39, 0.29) is 6.04 Å². The fourth-order valence-corrected chi connectivity index (χ4v) is 1.42. The molecule has 4 heteroatoms. The molecule has 1 aromatic heterocycles. The van der Waals surface area contributed by atoms with Crippen LogP contribution in [0.1, 0.15) is 38.6 Å². The molecular weight excluding hydrogens is 200 g/mol. The van der Waals surface area contributed by atoms with Gasteiger partial charge < -0.3 is 5.32 Å². The largest absolute Gasteiger partial charge is 0.339 e. The summed E-state index contributed by atoms with van der Waals surface area (Å²) in [4.78, 5) is 4.42. The van der Waals surface area contributed by atoms with Gasteiger partial charge in [-0.3, -0.25) is 0 Å². The minimum atomic E-state index is -0.0287. The summed E-state index contributed by atoms with van der Waals surface area (Å²) >= 11 is 0. The molecule has 0 saturated carbocycles. The molecule has 1 unspecified atom stereocenters. The number of hydrogen-bond acceptors (Lipinski definition) is 4. The molecule has 0 amide bonds. The molecule has 16 heavy (non-hydrogen) atoms. The van der Waals surface area contributed by atoms with Crippen LogP contribution in [0.3, 0.4) is 0 Å². The monoisotopic (exact) mass is 218 g/mol. The van der Waals surface area contributed by atoms with E-state index in [1.165, 1.54) is 0 Å². The van der Waals surface area contributed by atoms with E-state index < -0.39 is 0 Å². The second-order valence-electron chi connectivity index (χ2n) is 3.51. The number of rotatable bonds is 5. The number of aryl methyl sites for hydroxylation is 2. The summed E-state index contributed by atoms with van der Waals surface area (Å²) < 4.78 is 0. The molecule has 1 aromatic rings. The van der Waals surface area contributed by atoms with Crippen molar-refractivity contribution in [3.8, 4) is 12.3 Å². The van der Waals surface area contributed by atoms with Crippen LogP contribution in [-0.2, 0) is 12.8 Å². The molecule has 0 fully saturated rings. The van der Waals surface area contributed by atoms with E-state index in [0.717, 1.165) is 30.7 Å². The Kier molecular flexibility index (Phi) is 4.71. The van der Waals surface area contributed by atoms with Gasteiger partial charge in [0.2, 0.25) is 5.95 Å². The van der Waals surface area contributed by atoms with Crippen molar-refractivity contribution in [2.75, 3.05) is 5.32 Å². The van der Waals surface area contributed by atoms with Gasteiger partial charge in [-0.25, -0.2) is 4.98 Å². The van der Waals surface area contributed by atoms with Crippen LogP contribution in [0, 0.1) is 12.3 Å². The Bertz CT molecular complexity index is 381. The van der Waals surface area contributed by atoms with E-state index in [4.69, 9.17) is 6.42 Å². The Labute approximate surface area is 96.9 Å². The highest BCUT2D eigenvalue weighted by Gasteiger charge is 2.08. The minimum absolute atomic E-state index is 0.0287. The first-order valence-corrected chi connectivity index (χ1v) is 5.70. The number of nitrogens with zero attached hydrogens (tertiary/aromatic N) is 3. The lowest BCUT2D eigenvalue weighted by Crippen LogP contribution is -2.19. The summed E-state index contributed by atoms with van der Waals surface area (Å²) in [6.45, 7) is 6.13. The first kappa shape index (κ1) is 12.4. The van der Waals surface area contributed by atoms with E-state index in [1.807, 2.05) is 13.8 Å². The molecule has 0 spiro atoms. The molecule has 0 aliphatic rings. The van der Waals surface area contributed by atoms with Gasteiger partial charge in [0.15, 0.2) is 0 Å². The van der Waals surface area contributed by atoms with Crippen molar-refractivity contribution in [3.63, 3.8) is 0 Å². The van der Waals surface area contributed by atoms with Gasteiger partial charge in [-0.15, -0.1) is 11.5 Å². The summed E-state index contributed by atoms with van der Waals surface area (Å²) in [6, 6.07) is -0.0287. The highest BCUT2D eigenvalue weighted by molar-refractivity contribution is 5.30. The van der Waals surface area contributed by atoms with Crippen molar-refractivity contribution in [1.82, 2.24) is 15.2 Å². The second kappa shape index (κ2) is 6.06. The first-order chi connectivity index (χ1) is 7.74. The number of terminal acetylenes is 1. The van der Waals surface area contributed by atoms with Gasteiger partial charge in [0.05, 0.1) is 17.4 Å². The van der Waals surface area contributed by atoms with Gasteiger partial charge in [-0.1, -0.05) is 26.7 Å². The van der Waals surface area contributed by atoms with Crippen LogP contribution in [-0.4, -0.2) is 21.2 Å². The molecule has 1 N–H and O–H groups in total. The third kappa shape index (κ3) is 2.93. The lowest BCUT2D eigenvalue weighted by Gasteiger charge is -2.11. The van der Waals surface area contributed by atoms with Crippen LogP contribution in [0.2, 0.25) is 0 Å². The van der Waals surface area contributed by atoms with Crippen molar-refractivity contribution >= 4 is 5.95 Å². The van der Waals surface area contributed by atoms with Gasteiger partial charge in [-0.05, 0) is 19.3 Å². The molecular formula is C12H18N4. The van der Waals surface area contributed by atoms with Crippen molar-refractivity contribution in [2.45, 2.75) is 46.1 Å². The van der Waals surface area contributed by atoms with Crippen LogP contribution >= 0.6 is 0 Å². The molecule has 86 valence electrons. The average molecular weight is 218 g/mol. The lowest BCUT2D eigenvalue weighted by atomic mass is 10.2. The van der Waals surface area contributed by atoms with Crippen LogP contribution in [0.5, 0.6) is 0 Å². The molecule has 0 saturated heterocycles. The summed E-state index contributed by atoms with van der Waals surface area (Å²) in [6.07, 6.45) is 7.93. The zero-order valence-electron chi connectivity index (χ0n) is 10.1. The molecule has 0 aliphatic heterocycles. The van der Waals surface area contributed by atoms with E-state index >= 15 is 0 Å². The zero-order chi connectivity index (χ0) is 12.0. The number of anilines is 1. The van der Waals surface area contributed by atoms with Crippen molar-refractivity contribution in [3.05, 3.63) is 11.4 Å². The standard InChI is InChI=1S/C12H18N4/c1-5-9(6-2)13-12-14-10(7-3)11(8-4)15-16-12/h1,9H,6-8H2,2-4H3,(H,13,14,16). The molecule has 4 nitrogen and oxygen atoms in total. The maximum atomic E-state index is 5.37. The predicted octanol–water partition coefficient (Wildman–Crippen LogP) is 1.82. The van der Waals surface area contributed by atoms with Crippen LogP contribution < -0.4 is 5.32 Å². The maximum Gasteiger partial charge on any atom is 0.243 e. The van der Waals surface area contributed by atoms with Gasteiger partial charge in [-0.2, -0.15) is 5.10 Å². The minimum Gasteiger partial charge on any atom is -0.339 e. The van der Waals surface area contributed by atoms with Gasteiger partial charge in [0.25, 0.3) is 0 Å². The molecule has 0 aromatic carbocycles. The Balaban J connectivity index is 2.87. The summed E-state index contributed by atoms with van der Waals surface area (Å²) in [5.74, 6) is 3.17. The van der Waals surface area contributed by atoms with Crippen molar-refractivity contribution < 1.29 is 0 Å². The van der Waals surface area contributed by atoms with E-state index in [2.05, 4.69) is 33.3 Å². The molecule has 1 rings (SSSR count). The summed E-state index contributed by atoms with van der Waals surface area (Å²) in [5.41, 5.74) is 1.95. The van der Waals surface area contributed by atoms with Gasteiger partial charge >= 0.3 is 0 Å². The maximum absolute atomic E-state index is 5.37. The topological polar surface area (TPSA) is 50.7 Å². The SMILES string of the molecule is C#CC(CC)Nc1nnc(CC)c(CC)n1. The fraction of sp³-hybridized carbons (Fsp3) is 0.583. The zero-order valence-corrected chi connectivity index (χ0v) is 10.1.